The number of carbonyl (C=O) groups excluding carboxylic acids is 1. The third-order valence-electron chi connectivity index (χ3n) is 3.65. The van der Waals surface area contributed by atoms with E-state index in [4.69, 9.17) is 15.2 Å². The lowest BCUT2D eigenvalue weighted by Crippen LogP contribution is -2.46. The minimum absolute atomic E-state index is 0.310. The van der Waals surface area contributed by atoms with Gasteiger partial charge in [0.1, 0.15) is 5.54 Å². The van der Waals surface area contributed by atoms with Crippen LogP contribution in [0, 0.1) is 5.92 Å². The monoisotopic (exact) mass is 286 g/mol. The van der Waals surface area contributed by atoms with Gasteiger partial charge >= 0.3 is 5.97 Å². The van der Waals surface area contributed by atoms with Gasteiger partial charge in [0.2, 0.25) is 0 Å². The highest BCUT2D eigenvalue weighted by Crippen LogP contribution is 2.28. The smallest absolute Gasteiger partial charge is 0.325 e. The van der Waals surface area contributed by atoms with Crippen LogP contribution in [-0.2, 0) is 14.3 Å². The topological polar surface area (TPSA) is 64.8 Å². The molecule has 0 saturated heterocycles. The summed E-state index contributed by atoms with van der Waals surface area (Å²) in [7, 11) is 2.07. The molecule has 5 nitrogen and oxygen atoms in total. The zero-order valence-electron chi connectivity index (χ0n) is 13.2. The van der Waals surface area contributed by atoms with E-state index < -0.39 is 5.54 Å². The highest BCUT2D eigenvalue weighted by molar-refractivity contribution is 5.79. The highest BCUT2D eigenvalue weighted by Gasteiger charge is 2.29. The predicted octanol–water partition coefficient (Wildman–Crippen LogP) is 1.41. The summed E-state index contributed by atoms with van der Waals surface area (Å²) in [6.45, 7) is 7.45. The molecule has 1 aliphatic rings. The maximum Gasteiger partial charge on any atom is 0.325 e. The fourth-order valence-electron chi connectivity index (χ4n) is 1.98. The Labute approximate surface area is 122 Å². The van der Waals surface area contributed by atoms with Crippen molar-refractivity contribution in [3.63, 3.8) is 0 Å². The van der Waals surface area contributed by atoms with E-state index in [0.29, 0.717) is 13.0 Å². The number of ether oxygens (including phenoxy) is 2. The first-order valence-electron chi connectivity index (χ1n) is 7.68. The fourth-order valence-corrected chi connectivity index (χ4v) is 1.98. The zero-order valence-corrected chi connectivity index (χ0v) is 13.2. The molecule has 0 heterocycles. The first-order chi connectivity index (χ1) is 9.45. The van der Waals surface area contributed by atoms with Gasteiger partial charge in [-0.05, 0) is 59.0 Å². The number of hydrogen-bond acceptors (Lipinski definition) is 5. The van der Waals surface area contributed by atoms with Gasteiger partial charge in [-0.3, -0.25) is 4.79 Å². The Morgan fingerprint density at radius 3 is 2.70 bits per heavy atom. The van der Waals surface area contributed by atoms with Crippen molar-refractivity contribution in [2.24, 2.45) is 11.7 Å². The lowest BCUT2D eigenvalue weighted by atomic mass is 9.97. The second kappa shape index (κ2) is 8.60. The van der Waals surface area contributed by atoms with Crippen LogP contribution in [0.3, 0.4) is 0 Å². The summed E-state index contributed by atoms with van der Waals surface area (Å²) in [5.41, 5.74) is 5.10. The van der Waals surface area contributed by atoms with Crippen molar-refractivity contribution in [3.05, 3.63) is 0 Å². The lowest BCUT2D eigenvalue weighted by molar-refractivity contribution is -0.149. The summed E-state index contributed by atoms with van der Waals surface area (Å²) in [6, 6.07) is 0. The molecular weight excluding hydrogens is 256 g/mol. The first kappa shape index (κ1) is 17.4. The van der Waals surface area contributed by atoms with E-state index in [9.17, 15) is 4.79 Å². The summed E-state index contributed by atoms with van der Waals surface area (Å²) in [5.74, 6) is 0.512. The van der Waals surface area contributed by atoms with Crippen molar-refractivity contribution in [1.82, 2.24) is 4.90 Å². The van der Waals surface area contributed by atoms with Crippen LogP contribution in [0.4, 0.5) is 0 Å². The second-order valence-electron chi connectivity index (χ2n) is 6.06. The molecule has 20 heavy (non-hydrogen) atoms. The SMILES string of the molecule is CCOC(=O)C(C)(N)CCCN(C)CCOCC1CC1. The summed E-state index contributed by atoms with van der Waals surface area (Å²) in [4.78, 5) is 13.9. The molecule has 0 aromatic heterocycles. The molecule has 0 bridgehead atoms. The molecule has 1 saturated carbocycles. The standard InChI is InChI=1S/C15H30N2O3/c1-4-20-14(18)15(2,16)8-5-9-17(3)10-11-19-12-13-6-7-13/h13H,4-12,16H2,1-3H3. The van der Waals surface area contributed by atoms with Crippen molar-refractivity contribution in [2.45, 2.75) is 45.1 Å². The molecule has 1 unspecified atom stereocenters. The van der Waals surface area contributed by atoms with Gasteiger partial charge in [0.05, 0.1) is 13.2 Å². The molecule has 0 spiro atoms. The van der Waals surface area contributed by atoms with Crippen LogP contribution in [0.25, 0.3) is 0 Å². The lowest BCUT2D eigenvalue weighted by Gasteiger charge is -2.23. The van der Waals surface area contributed by atoms with E-state index in [1.165, 1.54) is 12.8 Å². The van der Waals surface area contributed by atoms with Crippen LogP contribution in [-0.4, -0.2) is 56.4 Å². The van der Waals surface area contributed by atoms with Gasteiger partial charge < -0.3 is 20.1 Å². The third-order valence-corrected chi connectivity index (χ3v) is 3.65. The molecule has 0 amide bonds. The van der Waals surface area contributed by atoms with Gasteiger partial charge in [0.25, 0.3) is 0 Å². The number of nitrogens with two attached hydrogens (primary N) is 1. The summed E-state index contributed by atoms with van der Waals surface area (Å²) >= 11 is 0. The molecule has 0 aliphatic heterocycles. The molecule has 5 heteroatoms. The number of esters is 1. The van der Waals surface area contributed by atoms with Crippen LogP contribution in [0.15, 0.2) is 0 Å². The Hall–Kier alpha value is -0.650. The Kier molecular flexibility index (Phi) is 7.48. The van der Waals surface area contributed by atoms with E-state index in [-0.39, 0.29) is 5.97 Å². The van der Waals surface area contributed by atoms with Crippen molar-refractivity contribution in [2.75, 3.05) is 40.0 Å². The fraction of sp³-hybridized carbons (Fsp3) is 0.933. The van der Waals surface area contributed by atoms with Crippen molar-refractivity contribution < 1.29 is 14.3 Å². The number of rotatable bonds is 11. The number of likely N-dealkylation sites (N-methyl/N-ethyl adjacent to an activating group) is 1. The molecule has 0 radical (unpaired) electrons. The quantitative estimate of drug-likeness (QED) is 0.459. The van der Waals surface area contributed by atoms with Crippen LogP contribution in [0.2, 0.25) is 0 Å². The van der Waals surface area contributed by atoms with Crippen LogP contribution in [0.1, 0.15) is 39.5 Å². The Bertz CT molecular complexity index is 291. The van der Waals surface area contributed by atoms with E-state index in [2.05, 4.69) is 11.9 Å². The van der Waals surface area contributed by atoms with Gasteiger partial charge in [-0.1, -0.05) is 0 Å². The molecule has 1 rings (SSSR count). The summed E-state index contributed by atoms with van der Waals surface area (Å²) in [6.07, 6.45) is 4.18. The Morgan fingerprint density at radius 2 is 2.10 bits per heavy atom. The molecule has 2 N–H and O–H groups in total. The molecule has 118 valence electrons. The van der Waals surface area contributed by atoms with Crippen LogP contribution < -0.4 is 5.73 Å². The number of nitrogens with zero attached hydrogens (tertiary/aromatic N) is 1. The second-order valence-corrected chi connectivity index (χ2v) is 6.06. The molecular formula is C15H30N2O3. The Balaban J connectivity index is 2.04. The highest BCUT2D eigenvalue weighted by atomic mass is 16.5. The normalized spacial score (nSPS) is 18.1. The number of carbonyl (C=O) groups is 1. The van der Waals surface area contributed by atoms with Crippen LogP contribution >= 0.6 is 0 Å². The minimum Gasteiger partial charge on any atom is -0.465 e. The molecule has 1 atom stereocenters. The van der Waals surface area contributed by atoms with Crippen molar-refractivity contribution >= 4 is 5.97 Å². The van der Waals surface area contributed by atoms with Gasteiger partial charge in [-0.25, -0.2) is 0 Å². The van der Waals surface area contributed by atoms with E-state index in [1.54, 1.807) is 13.8 Å². The van der Waals surface area contributed by atoms with Crippen LogP contribution in [0.5, 0.6) is 0 Å². The van der Waals surface area contributed by atoms with Gasteiger partial charge in [-0.15, -0.1) is 0 Å². The van der Waals surface area contributed by atoms with Gasteiger partial charge in [-0.2, -0.15) is 0 Å². The number of hydrogen-bond donors (Lipinski definition) is 1. The van der Waals surface area contributed by atoms with Gasteiger partial charge in [0, 0.05) is 13.2 Å². The summed E-state index contributed by atoms with van der Waals surface area (Å²) < 4.78 is 10.6. The zero-order chi connectivity index (χ0) is 15.0. The molecule has 0 aromatic carbocycles. The molecule has 1 fully saturated rings. The first-order valence-corrected chi connectivity index (χ1v) is 7.68. The predicted molar refractivity (Wildman–Crippen MR) is 79.5 cm³/mol. The average Bonchev–Trinajstić information content (AvgIpc) is 3.19. The van der Waals surface area contributed by atoms with Crippen molar-refractivity contribution in [1.29, 1.82) is 0 Å². The van der Waals surface area contributed by atoms with E-state index in [0.717, 1.165) is 38.6 Å². The maximum atomic E-state index is 11.6. The summed E-state index contributed by atoms with van der Waals surface area (Å²) in [5, 5.41) is 0. The molecule has 0 aromatic rings. The van der Waals surface area contributed by atoms with E-state index in [1.807, 2.05) is 0 Å². The third kappa shape index (κ3) is 7.22. The average molecular weight is 286 g/mol. The Morgan fingerprint density at radius 1 is 1.40 bits per heavy atom. The van der Waals surface area contributed by atoms with Gasteiger partial charge in [0.15, 0.2) is 0 Å². The van der Waals surface area contributed by atoms with Crippen molar-refractivity contribution in [3.8, 4) is 0 Å². The van der Waals surface area contributed by atoms with E-state index >= 15 is 0 Å². The largest absolute Gasteiger partial charge is 0.465 e. The molecule has 1 aliphatic carbocycles. The maximum absolute atomic E-state index is 11.6. The minimum atomic E-state index is -0.876.